The lowest BCUT2D eigenvalue weighted by atomic mass is 9.95. The number of benzene rings is 1. The normalized spacial score (nSPS) is 11.6. The molecule has 7 heteroatoms. The number of hydrogen-bond acceptors (Lipinski definition) is 4. The zero-order valence-corrected chi connectivity index (χ0v) is 10.8. The van der Waals surface area contributed by atoms with Crippen molar-refractivity contribution >= 4 is 5.97 Å². The summed E-state index contributed by atoms with van der Waals surface area (Å²) in [4.78, 5) is 10.8. The van der Waals surface area contributed by atoms with Gasteiger partial charge in [-0.15, -0.1) is 5.10 Å². The highest BCUT2D eigenvalue weighted by Crippen LogP contribution is 2.23. The molecule has 0 aliphatic carbocycles. The van der Waals surface area contributed by atoms with Crippen LogP contribution in [0.25, 0.3) is 5.69 Å². The van der Waals surface area contributed by atoms with Gasteiger partial charge in [-0.3, -0.25) is 0 Å². The fourth-order valence-electron chi connectivity index (χ4n) is 1.63. The zero-order chi connectivity index (χ0) is 14.2. The molecule has 0 bridgehead atoms. The molecule has 1 heterocycles. The number of carboxylic acid groups (broad SMARTS) is 1. The average Bonchev–Trinajstić information content (AvgIpc) is 2.77. The molecule has 0 spiro atoms. The number of aromatic carboxylic acids is 1. The van der Waals surface area contributed by atoms with Gasteiger partial charge in [0, 0.05) is 5.41 Å². The first-order chi connectivity index (χ1) is 8.80. The highest BCUT2D eigenvalue weighted by molar-refractivity contribution is 5.87. The van der Waals surface area contributed by atoms with Crippen LogP contribution >= 0.6 is 0 Å². The van der Waals surface area contributed by atoms with Crippen molar-refractivity contribution in [2.24, 2.45) is 0 Å². The van der Waals surface area contributed by atoms with Crippen molar-refractivity contribution in [1.82, 2.24) is 20.2 Å². The van der Waals surface area contributed by atoms with Gasteiger partial charge in [0.05, 0.1) is 5.56 Å². The number of halogens is 1. The SMILES string of the molecule is CC(C)(C)c1nnnn1-c1ccc(C(=O)O)cc1F. The second-order valence-corrected chi connectivity index (χ2v) is 5.14. The van der Waals surface area contributed by atoms with Crippen molar-refractivity contribution in [3.05, 3.63) is 35.4 Å². The Morgan fingerprint density at radius 2 is 2.05 bits per heavy atom. The molecule has 100 valence electrons. The van der Waals surface area contributed by atoms with E-state index in [0.717, 1.165) is 6.07 Å². The van der Waals surface area contributed by atoms with Crippen LogP contribution in [0.3, 0.4) is 0 Å². The Bertz CT molecular complexity index is 631. The van der Waals surface area contributed by atoms with E-state index in [9.17, 15) is 9.18 Å². The van der Waals surface area contributed by atoms with Gasteiger partial charge < -0.3 is 5.11 Å². The molecule has 0 aliphatic heterocycles. The summed E-state index contributed by atoms with van der Waals surface area (Å²) in [6, 6.07) is 3.62. The lowest BCUT2D eigenvalue weighted by Gasteiger charge is -2.17. The molecule has 0 saturated carbocycles. The minimum absolute atomic E-state index is 0.119. The summed E-state index contributed by atoms with van der Waals surface area (Å²) in [5.74, 6) is -1.37. The molecule has 1 aromatic carbocycles. The maximum Gasteiger partial charge on any atom is 0.335 e. The lowest BCUT2D eigenvalue weighted by Crippen LogP contribution is -2.19. The van der Waals surface area contributed by atoms with Gasteiger partial charge in [-0.1, -0.05) is 20.8 Å². The van der Waals surface area contributed by atoms with Crippen molar-refractivity contribution in [1.29, 1.82) is 0 Å². The Balaban J connectivity index is 2.55. The zero-order valence-electron chi connectivity index (χ0n) is 10.8. The highest BCUT2D eigenvalue weighted by atomic mass is 19.1. The van der Waals surface area contributed by atoms with Gasteiger partial charge in [-0.2, -0.15) is 4.68 Å². The van der Waals surface area contributed by atoms with Crippen LogP contribution in [0.1, 0.15) is 37.0 Å². The third-order valence-corrected chi connectivity index (χ3v) is 2.56. The number of hydrogen-bond donors (Lipinski definition) is 1. The van der Waals surface area contributed by atoms with Crippen molar-refractivity contribution < 1.29 is 14.3 Å². The number of rotatable bonds is 2. The molecule has 2 rings (SSSR count). The van der Waals surface area contributed by atoms with E-state index in [1.165, 1.54) is 16.8 Å². The molecule has 2 aromatic rings. The molecule has 19 heavy (non-hydrogen) atoms. The summed E-state index contributed by atoms with van der Waals surface area (Å²) in [6.07, 6.45) is 0. The van der Waals surface area contributed by atoms with Crippen LogP contribution in [-0.2, 0) is 5.41 Å². The van der Waals surface area contributed by atoms with E-state index >= 15 is 0 Å². The Kier molecular flexibility index (Phi) is 3.05. The predicted octanol–water partition coefficient (Wildman–Crippen LogP) is 1.80. The minimum atomic E-state index is -1.18. The van der Waals surface area contributed by atoms with Gasteiger partial charge >= 0.3 is 5.97 Å². The first kappa shape index (κ1) is 13.1. The van der Waals surface area contributed by atoms with E-state index in [4.69, 9.17) is 5.11 Å². The molecule has 1 aromatic heterocycles. The number of tetrazole rings is 1. The molecule has 0 atom stereocenters. The Hall–Kier alpha value is -2.31. The van der Waals surface area contributed by atoms with E-state index in [1.807, 2.05) is 20.8 Å². The number of carboxylic acids is 1. The van der Waals surface area contributed by atoms with Gasteiger partial charge in [0.25, 0.3) is 0 Å². The summed E-state index contributed by atoms with van der Waals surface area (Å²) >= 11 is 0. The standard InChI is InChI=1S/C12H13FN4O2/c1-12(2,3)11-14-15-16-17(11)9-5-4-7(10(18)19)6-8(9)13/h4-6H,1-3H3,(H,18,19). The average molecular weight is 264 g/mol. The van der Waals surface area contributed by atoms with E-state index in [1.54, 1.807) is 0 Å². The van der Waals surface area contributed by atoms with Gasteiger partial charge in [-0.25, -0.2) is 9.18 Å². The quantitative estimate of drug-likeness (QED) is 0.894. The number of aromatic nitrogens is 4. The number of nitrogens with zero attached hydrogens (tertiary/aromatic N) is 4. The van der Waals surface area contributed by atoms with Crippen LogP contribution in [0.15, 0.2) is 18.2 Å². The Labute approximate surface area is 108 Å². The summed E-state index contributed by atoms with van der Waals surface area (Å²) in [6.45, 7) is 5.70. The smallest absolute Gasteiger partial charge is 0.335 e. The van der Waals surface area contributed by atoms with Crippen LogP contribution < -0.4 is 0 Å². The van der Waals surface area contributed by atoms with E-state index < -0.39 is 11.8 Å². The van der Waals surface area contributed by atoms with E-state index in [0.29, 0.717) is 5.82 Å². The Morgan fingerprint density at radius 1 is 1.37 bits per heavy atom. The van der Waals surface area contributed by atoms with E-state index in [-0.39, 0.29) is 16.7 Å². The molecule has 0 unspecified atom stereocenters. The molecule has 1 N–H and O–H groups in total. The monoisotopic (exact) mass is 264 g/mol. The van der Waals surface area contributed by atoms with Crippen molar-refractivity contribution in [2.75, 3.05) is 0 Å². The van der Waals surface area contributed by atoms with Crippen molar-refractivity contribution in [3.63, 3.8) is 0 Å². The van der Waals surface area contributed by atoms with Gasteiger partial charge in [0.15, 0.2) is 5.82 Å². The largest absolute Gasteiger partial charge is 0.478 e. The van der Waals surface area contributed by atoms with Gasteiger partial charge in [0.2, 0.25) is 0 Å². The van der Waals surface area contributed by atoms with Crippen LogP contribution in [0.4, 0.5) is 4.39 Å². The molecular weight excluding hydrogens is 251 g/mol. The fourth-order valence-corrected chi connectivity index (χ4v) is 1.63. The summed E-state index contributed by atoms with van der Waals surface area (Å²) in [5, 5.41) is 20.0. The Morgan fingerprint density at radius 3 is 2.58 bits per heavy atom. The number of carbonyl (C=O) groups is 1. The first-order valence-electron chi connectivity index (χ1n) is 5.63. The topological polar surface area (TPSA) is 80.9 Å². The van der Waals surface area contributed by atoms with Gasteiger partial charge in [0.1, 0.15) is 11.5 Å². The minimum Gasteiger partial charge on any atom is -0.478 e. The maximum absolute atomic E-state index is 14.0. The molecule has 6 nitrogen and oxygen atoms in total. The second kappa shape index (κ2) is 4.42. The summed E-state index contributed by atoms with van der Waals surface area (Å²) < 4.78 is 15.2. The molecule has 0 radical (unpaired) electrons. The molecule has 0 fully saturated rings. The maximum atomic E-state index is 14.0. The molecular formula is C12H13FN4O2. The summed E-state index contributed by atoms with van der Waals surface area (Å²) in [5.41, 5.74) is -0.354. The second-order valence-electron chi connectivity index (χ2n) is 5.14. The third-order valence-electron chi connectivity index (χ3n) is 2.56. The van der Waals surface area contributed by atoms with Crippen LogP contribution in [-0.4, -0.2) is 31.3 Å². The summed E-state index contributed by atoms with van der Waals surface area (Å²) in [7, 11) is 0. The van der Waals surface area contributed by atoms with E-state index in [2.05, 4.69) is 15.5 Å². The molecule has 0 saturated heterocycles. The third kappa shape index (κ3) is 2.44. The predicted molar refractivity (Wildman–Crippen MR) is 64.8 cm³/mol. The highest BCUT2D eigenvalue weighted by Gasteiger charge is 2.24. The first-order valence-corrected chi connectivity index (χ1v) is 5.63. The van der Waals surface area contributed by atoms with Crippen LogP contribution in [0.2, 0.25) is 0 Å². The van der Waals surface area contributed by atoms with Crippen LogP contribution in [0, 0.1) is 5.82 Å². The van der Waals surface area contributed by atoms with Crippen LogP contribution in [0.5, 0.6) is 0 Å². The lowest BCUT2D eigenvalue weighted by molar-refractivity contribution is 0.0696. The van der Waals surface area contributed by atoms with Crippen molar-refractivity contribution in [3.8, 4) is 5.69 Å². The van der Waals surface area contributed by atoms with Gasteiger partial charge in [-0.05, 0) is 28.6 Å². The van der Waals surface area contributed by atoms with Crippen molar-refractivity contribution in [2.45, 2.75) is 26.2 Å². The molecule has 0 amide bonds. The fraction of sp³-hybridized carbons (Fsp3) is 0.333. The molecule has 0 aliphatic rings.